The quantitative estimate of drug-likeness (QED) is 0.336. The third-order valence-corrected chi connectivity index (χ3v) is 4.15. The fourth-order valence-electron chi connectivity index (χ4n) is 3.01. The van der Waals surface area contributed by atoms with Crippen LogP contribution in [-0.4, -0.2) is 27.5 Å². The molecule has 0 saturated carbocycles. The first-order valence-corrected chi connectivity index (χ1v) is 7.34. The third kappa shape index (κ3) is 3.02. The Kier molecular flexibility index (Phi) is 3.75. The molecule has 0 radical (unpaired) electrons. The molecule has 0 spiro atoms. The van der Waals surface area contributed by atoms with E-state index in [2.05, 4.69) is 0 Å². The van der Waals surface area contributed by atoms with Crippen LogP contribution >= 0.6 is 0 Å². The lowest BCUT2D eigenvalue weighted by atomic mass is 9.87. The van der Waals surface area contributed by atoms with Gasteiger partial charge in [0.15, 0.2) is 5.79 Å². The van der Waals surface area contributed by atoms with E-state index in [1.54, 1.807) is 12.1 Å². The van der Waals surface area contributed by atoms with Crippen LogP contribution < -0.4 is 0 Å². The first-order valence-electron chi connectivity index (χ1n) is 7.34. The van der Waals surface area contributed by atoms with E-state index in [1.165, 1.54) is 6.92 Å². The number of hydrogen-bond donors (Lipinski definition) is 2. The molecule has 0 bridgehead atoms. The third-order valence-electron chi connectivity index (χ3n) is 4.15. The Labute approximate surface area is 132 Å². The monoisotopic (exact) mass is 311 g/mol. The first-order chi connectivity index (χ1) is 10.9. The van der Waals surface area contributed by atoms with E-state index in [-0.39, 0.29) is 0 Å². The van der Waals surface area contributed by atoms with Crippen LogP contribution in [0.4, 0.5) is 0 Å². The Morgan fingerprint density at radius 2 is 1.65 bits per heavy atom. The predicted molar refractivity (Wildman–Crippen MR) is 88.9 cm³/mol. The number of fused-ring (bicyclic) bond motifs is 2. The van der Waals surface area contributed by atoms with Crippen molar-refractivity contribution >= 4 is 21.5 Å². The largest absolute Gasteiger partial charge is 0.365 e. The lowest BCUT2D eigenvalue weighted by Gasteiger charge is -2.26. The number of benzene rings is 3. The molecule has 0 aliphatic carbocycles. The summed E-state index contributed by atoms with van der Waals surface area (Å²) < 4.78 is 0. The molecule has 3 rings (SSSR count). The van der Waals surface area contributed by atoms with Crippen LogP contribution in [0.1, 0.15) is 18.4 Å². The second-order valence-electron chi connectivity index (χ2n) is 5.93. The Hall–Kier alpha value is -2.50. The van der Waals surface area contributed by atoms with Gasteiger partial charge in [-0.25, -0.2) is 0 Å². The molecule has 3 aromatic rings. The summed E-state index contributed by atoms with van der Waals surface area (Å²) in [4.78, 5) is 10.4. The van der Waals surface area contributed by atoms with Gasteiger partial charge >= 0.3 is 0 Å². The second kappa shape index (κ2) is 5.61. The number of aliphatic hydroxyl groups is 2. The van der Waals surface area contributed by atoms with Crippen LogP contribution in [0, 0.1) is 10.1 Å². The molecule has 5 nitrogen and oxygen atoms in total. The van der Waals surface area contributed by atoms with Crippen LogP contribution in [0.15, 0.2) is 54.6 Å². The molecule has 1 atom stereocenters. The molecule has 0 saturated heterocycles. The smallest absolute Gasteiger partial charge is 0.215 e. The maximum atomic E-state index is 11.0. The molecule has 23 heavy (non-hydrogen) atoms. The fraction of sp³-hybridized carbons (Fsp3) is 0.222. The molecule has 3 aromatic carbocycles. The summed E-state index contributed by atoms with van der Waals surface area (Å²) in [5, 5.41) is 34.8. The van der Waals surface area contributed by atoms with Gasteiger partial charge in [-0.2, -0.15) is 0 Å². The molecule has 2 N–H and O–H groups in total. The number of nitrogens with zero attached hydrogens (tertiary/aromatic N) is 1. The Balaban J connectivity index is 2.26. The van der Waals surface area contributed by atoms with Gasteiger partial charge in [0.2, 0.25) is 6.54 Å². The average Bonchev–Trinajstić information content (AvgIpc) is 2.49. The maximum Gasteiger partial charge on any atom is 0.215 e. The van der Waals surface area contributed by atoms with Gasteiger partial charge in [0.25, 0.3) is 0 Å². The Bertz CT molecular complexity index is 883. The lowest BCUT2D eigenvalue weighted by molar-refractivity contribution is -0.490. The summed E-state index contributed by atoms with van der Waals surface area (Å²) in [6.07, 6.45) is 0. The average molecular weight is 311 g/mol. The van der Waals surface area contributed by atoms with Crippen LogP contribution in [0.2, 0.25) is 0 Å². The molecule has 0 aliphatic heterocycles. The summed E-state index contributed by atoms with van der Waals surface area (Å²) in [5.74, 6) is -3.19. The van der Waals surface area contributed by atoms with Crippen molar-refractivity contribution in [3.8, 4) is 0 Å². The highest BCUT2D eigenvalue weighted by molar-refractivity contribution is 5.99. The first kappa shape index (κ1) is 15.4. The van der Waals surface area contributed by atoms with Gasteiger partial charge in [-0.05, 0) is 46.2 Å². The van der Waals surface area contributed by atoms with Crippen molar-refractivity contribution in [2.75, 3.05) is 6.54 Å². The van der Waals surface area contributed by atoms with Gasteiger partial charge in [-0.1, -0.05) is 42.5 Å². The standard InChI is InChI=1S/C18H17NO4/c1-18(20,21)17(11-19(22)23)15-8-4-7-14-9-12-5-2-3-6-13(12)10-16(14)15/h2-10,17,20-21H,11H2,1H3. The normalized spacial score (nSPS) is 13.3. The van der Waals surface area contributed by atoms with Crippen LogP contribution in [-0.2, 0) is 0 Å². The number of nitro groups is 1. The summed E-state index contributed by atoms with van der Waals surface area (Å²) >= 11 is 0. The summed E-state index contributed by atoms with van der Waals surface area (Å²) in [7, 11) is 0. The molecule has 0 heterocycles. The van der Waals surface area contributed by atoms with Crippen molar-refractivity contribution < 1.29 is 15.1 Å². The van der Waals surface area contributed by atoms with Gasteiger partial charge in [-0.3, -0.25) is 10.1 Å². The molecule has 118 valence electrons. The molecule has 1 unspecified atom stereocenters. The molecule has 0 aromatic heterocycles. The number of hydrogen-bond acceptors (Lipinski definition) is 4. The van der Waals surface area contributed by atoms with Gasteiger partial charge in [-0.15, -0.1) is 0 Å². The second-order valence-corrected chi connectivity index (χ2v) is 5.93. The van der Waals surface area contributed by atoms with Crippen molar-refractivity contribution in [3.63, 3.8) is 0 Å². The van der Waals surface area contributed by atoms with Gasteiger partial charge in [0.1, 0.15) is 5.92 Å². The molecular formula is C18H17NO4. The van der Waals surface area contributed by atoms with Crippen molar-refractivity contribution in [2.45, 2.75) is 18.6 Å². The van der Waals surface area contributed by atoms with Crippen molar-refractivity contribution in [1.29, 1.82) is 0 Å². The van der Waals surface area contributed by atoms with Crippen LogP contribution in [0.25, 0.3) is 21.5 Å². The van der Waals surface area contributed by atoms with E-state index >= 15 is 0 Å². The predicted octanol–water partition coefficient (Wildman–Crippen LogP) is 3.05. The fourth-order valence-corrected chi connectivity index (χ4v) is 3.01. The van der Waals surface area contributed by atoms with Crippen molar-refractivity contribution in [2.24, 2.45) is 0 Å². The van der Waals surface area contributed by atoms with E-state index in [0.29, 0.717) is 5.56 Å². The summed E-state index contributed by atoms with van der Waals surface area (Å²) in [5.41, 5.74) is 0.567. The van der Waals surface area contributed by atoms with E-state index in [4.69, 9.17) is 0 Å². The van der Waals surface area contributed by atoms with Crippen molar-refractivity contribution in [1.82, 2.24) is 0 Å². The minimum Gasteiger partial charge on any atom is -0.365 e. The summed E-state index contributed by atoms with van der Waals surface area (Å²) in [6.45, 7) is 0.635. The minimum absolute atomic E-state index is 0.519. The molecule has 0 aliphatic rings. The number of rotatable bonds is 4. The Morgan fingerprint density at radius 3 is 2.26 bits per heavy atom. The maximum absolute atomic E-state index is 11.0. The van der Waals surface area contributed by atoms with E-state index in [0.717, 1.165) is 21.5 Å². The van der Waals surface area contributed by atoms with Gasteiger partial charge in [0.05, 0.1) is 0 Å². The molecular weight excluding hydrogens is 294 g/mol. The Morgan fingerprint density at radius 1 is 1.04 bits per heavy atom. The minimum atomic E-state index is -2.17. The highest BCUT2D eigenvalue weighted by atomic mass is 16.6. The zero-order valence-electron chi connectivity index (χ0n) is 12.6. The van der Waals surface area contributed by atoms with E-state index in [9.17, 15) is 20.3 Å². The van der Waals surface area contributed by atoms with Gasteiger partial charge < -0.3 is 10.2 Å². The molecule has 0 fully saturated rings. The van der Waals surface area contributed by atoms with E-state index in [1.807, 2.05) is 42.5 Å². The SMILES string of the molecule is CC(O)(O)C(C[N+](=O)[O-])c1cccc2cc3ccccc3cc12. The highest BCUT2D eigenvalue weighted by Gasteiger charge is 2.36. The summed E-state index contributed by atoms with van der Waals surface area (Å²) in [6, 6.07) is 17.2. The van der Waals surface area contributed by atoms with Crippen molar-refractivity contribution in [3.05, 3.63) is 70.3 Å². The van der Waals surface area contributed by atoms with Crippen LogP contribution in [0.5, 0.6) is 0 Å². The lowest BCUT2D eigenvalue weighted by Crippen LogP contribution is -2.36. The van der Waals surface area contributed by atoms with Crippen LogP contribution in [0.3, 0.4) is 0 Å². The highest BCUT2D eigenvalue weighted by Crippen LogP contribution is 2.34. The van der Waals surface area contributed by atoms with E-state index < -0.39 is 23.2 Å². The zero-order valence-corrected chi connectivity index (χ0v) is 12.6. The zero-order chi connectivity index (χ0) is 16.6. The molecule has 5 heteroatoms. The van der Waals surface area contributed by atoms with Gasteiger partial charge in [0, 0.05) is 4.92 Å². The topological polar surface area (TPSA) is 83.6 Å². The molecule has 0 amide bonds.